The van der Waals surface area contributed by atoms with Gasteiger partial charge in [-0.3, -0.25) is 19.3 Å². The molecule has 0 unspecified atom stereocenters. The van der Waals surface area contributed by atoms with Crippen LogP contribution in [0.25, 0.3) is 0 Å². The minimum absolute atomic E-state index is 0.0242. The predicted octanol–water partition coefficient (Wildman–Crippen LogP) is -0.831. The minimum atomic E-state index is -0.105. The van der Waals surface area contributed by atoms with Crippen LogP contribution in [0.15, 0.2) is 17.4 Å². The summed E-state index contributed by atoms with van der Waals surface area (Å²) in [4.78, 5) is 31.9. The van der Waals surface area contributed by atoms with Gasteiger partial charge in [-0.25, -0.2) is 0 Å². The van der Waals surface area contributed by atoms with Crippen molar-refractivity contribution in [3.63, 3.8) is 0 Å². The highest BCUT2D eigenvalue weighted by molar-refractivity contribution is 5.98. The molecular weight excluding hydrogens is 310 g/mol. The Balaban J connectivity index is 1.91. The maximum absolute atomic E-state index is 12.4. The Morgan fingerprint density at radius 3 is 2.71 bits per heavy atom. The van der Waals surface area contributed by atoms with Crippen LogP contribution in [0.2, 0.25) is 0 Å². The lowest BCUT2D eigenvalue weighted by Crippen LogP contribution is -2.56. The number of aromatic nitrogens is 2. The quantitative estimate of drug-likeness (QED) is 0.553. The molecule has 0 radical (unpaired) electrons. The fourth-order valence-electron chi connectivity index (χ4n) is 2.54. The number of nitrogens with one attached hydrogen (secondary N) is 2. The molecule has 0 spiro atoms. The van der Waals surface area contributed by atoms with E-state index in [9.17, 15) is 9.59 Å². The summed E-state index contributed by atoms with van der Waals surface area (Å²) in [7, 11) is 3.46. The number of aryl methyl sites for hydroxylation is 1. The van der Waals surface area contributed by atoms with Crippen molar-refractivity contribution in [2.75, 3.05) is 38.1 Å². The average Bonchev–Trinajstić information content (AvgIpc) is 2.93. The number of anilines is 1. The molecule has 0 atom stereocenters. The molecule has 132 valence electrons. The third kappa shape index (κ3) is 4.46. The van der Waals surface area contributed by atoms with E-state index in [1.165, 1.54) is 0 Å². The molecule has 0 aromatic carbocycles. The number of amides is 2. The summed E-state index contributed by atoms with van der Waals surface area (Å²) >= 11 is 0. The lowest BCUT2D eigenvalue weighted by atomic mass is 10.3. The third-order valence-electron chi connectivity index (χ3n) is 3.59. The van der Waals surface area contributed by atoms with Gasteiger partial charge in [-0.05, 0) is 13.8 Å². The molecule has 1 aromatic rings. The molecule has 1 saturated heterocycles. The lowest BCUT2D eigenvalue weighted by molar-refractivity contribution is -0.120. The van der Waals surface area contributed by atoms with E-state index in [0.29, 0.717) is 19.0 Å². The summed E-state index contributed by atoms with van der Waals surface area (Å²) < 4.78 is 1.67. The molecule has 1 fully saturated rings. The summed E-state index contributed by atoms with van der Waals surface area (Å²) in [5.74, 6) is 0.420. The number of guanidine groups is 1. The Morgan fingerprint density at radius 2 is 2.17 bits per heavy atom. The molecule has 0 bridgehead atoms. The SMILES string of the molecule is CN=C(NCC(=O)NC(C)C)N1CCN(c2cnn(C)c2)C(=O)C1. The zero-order valence-corrected chi connectivity index (χ0v) is 14.6. The van der Waals surface area contributed by atoms with E-state index in [-0.39, 0.29) is 30.9 Å². The molecule has 1 aliphatic heterocycles. The number of hydrogen-bond acceptors (Lipinski definition) is 4. The van der Waals surface area contributed by atoms with E-state index in [0.717, 1.165) is 5.69 Å². The van der Waals surface area contributed by atoms with Crippen molar-refractivity contribution in [2.24, 2.45) is 12.0 Å². The smallest absolute Gasteiger partial charge is 0.246 e. The van der Waals surface area contributed by atoms with Crippen LogP contribution in [0.3, 0.4) is 0 Å². The first-order valence-electron chi connectivity index (χ1n) is 7.94. The Hall–Kier alpha value is -2.58. The fourth-order valence-corrected chi connectivity index (χ4v) is 2.54. The average molecular weight is 335 g/mol. The Labute approximate surface area is 141 Å². The Bertz CT molecular complexity index is 623. The van der Waals surface area contributed by atoms with Gasteiger partial charge in [-0.1, -0.05) is 0 Å². The predicted molar refractivity (Wildman–Crippen MR) is 91.8 cm³/mol. The number of hydrogen-bond donors (Lipinski definition) is 2. The van der Waals surface area contributed by atoms with Crippen LogP contribution in [0, 0.1) is 0 Å². The van der Waals surface area contributed by atoms with Crippen LogP contribution >= 0.6 is 0 Å². The van der Waals surface area contributed by atoms with Crippen LogP contribution in [-0.2, 0) is 16.6 Å². The summed E-state index contributed by atoms with van der Waals surface area (Å²) in [5.41, 5.74) is 0.793. The standard InChI is InChI=1S/C15H25N7O2/c1-11(2)19-13(23)8-17-15(16-3)21-5-6-22(14(24)10-21)12-7-18-20(4)9-12/h7,9,11H,5-6,8,10H2,1-4H3,(H,16,17)(H,19,23). The van der Waals surface area contributed by atoms with Crippen LogP contribution < -0.4 is 15.5 Å². The van der Waals surface area contributed by atoms with Gasteiger partial charge in [0.2, 0.25) is 11.8 Å². The molecule has 9 heteroatoms. The van der Waals surface area contributed by atoms with Crippen molar-refractivity contribution in [1.29, 1.82) is 0 Å². The molecule has 1 aromatic heterocycles. The van der Waals surface area contributed by atoms with Gasteiger partial charge in [-0.2, -0.15) is 5.10 Å². The zero-order valence-electron chi connectivity index (χ0n) is 14.6. The molecule has 0 saturated carbocycles. The van der Waals surface area contributed by atoms with E-state index in [1.54, 1.807) is 22.8 Å². The largest absolute Gasteiger partial charge is 0.352 e. The molecule has 2 heterocycles. The Kier molecular flexibility index (Phi) is 5.78. The van der Waals surface area contributed by atoms with Crippen molar-refractivity contribution in [1.82, 2.24) is 25.3 Å². The van der Waals surface area contributed by atoms with Gasteiger partial charge < -0.3 is 20.4 Å². The Morgan fingerprint density at radius 1 is 1.42 bits per heavy atom. The molecule has 0 aliphatic carbocycles. The van der Waals surface area contributed by atoms with E-state index in [4.69, 9.17) is 0 Å². The fraction of sp³-hybridized carbons (Fsp3) is 0.600. The van der Waals surface area contributed by atoms with Crippen molar-refractivity contribution in [3.05, 3.63) is 12.4 Å². The third-order valence-corrected chi connectivity index (χ3v) is 3.59. The van der Waals surface area contributed by atoms with Gasteiger partial charge in [0, 0.05) is 39.4 Å². The number of aliphatic imine (C=N–C) groups is 1. The van der Waals surface area contributed by atoms with E-state index in [2.05, 4.69) is 20.7 Å². The van der Waals surface area contributed by atoms with Crippen LogP contribution in [0.4, 0.5) is 5.69 Å². The van der Waals surface area contributed by atoms with Crippen molar-refractivity contribution >= 4 is 23.5 Å². The number of carbonyl (C=O) groups is 2. The minimum Gasteiger partial charge on any atom is -0.352 e. The summed E-state index contributed by atoms with van der Waals surface area (Å²) in [5, 5.41) is 9.90. The van der Waals surface area contributed by atoms with Crippen molar-refractivity contribution < 1.29 is 9.59 Å². The van der Waals surface area contributed by atoms with Gasteiger partial charge >= 0.3 is 0 Å². The molecule has 9 nitrogen and oxygen atoms in total. The van der Waals surface area contributed by atoms with Gasteiger partial charge in [0.15, 0.2) is 5.96 Å². The maximum Gasteiger partial charge on any atom is 0.246 e. The van der Waals surface area contributed by atoms with Crippen molar-refractivity contribution in [3.8, 4) is 0 Å². The molecule has 1 aliphatic rings. The zero-order chi connectivity index (χ0) is 17.7. The first kappa shape index (κ1) is 17.8. The van der Waals surface area contributed by atoms with Crippen LogP contribution in [0.1, 0.15) is 13.8 Å². The number of nitrogens with zero attached hydrogens (tertiary/aromatic N) is 5. The van der Waals surface area contributed by atoms with Gasteiger partial charge in [-0.15, -0.1) is 0 Å². The topological polar surface area (TPSA) is 94.9 Å². The second-order valence-electron chi connectivity index (χ2n) is 5.96. The van der Waals surface area contributed by atoms with Gasteiger partial charge in [0.25, 0.3) is 0 Å². The second kappa shape index (κ2) is 7.80. The monoisotopic (exact) mass is 335 g/mol. The molecule has 24 heavy (non-hydrogen) atoms. The highest BCUT2D eigenvalue weighted by atomic mass is 16.2. The van der Waals surface area contributed by atoms with E-state index < -0.39 is 0 Å². The van der Waals surface area contributed by atoms with E-state index >= 15 is 0 Å². The highest BCUT2D eigenvalue weighted by Gasteiger charge is 2.27. The first-order valence-corrected chi connectivity index (χ1v) is 7.94. The summed E-state index contributed by atoms with van der Waals surface area (Å²) in [6, 6.07) is 0.0888. The molecule has 2 amide bonds. The van der Waals surface area contributed by atoms with Crippen molar-refractivity contribution in [2.45, 2.75) is 19.9 Å². The maximum atomic E-state index is 12.4. The normalized spacial score (nSPS) is 15.9. The summed E-state index contributed by atoms with van der Waals surface area (Å²) in [6.45, 7) is 5.32. The molecular formula is C15H25N7O2. The molecule has 2 rings (SSSR count). The van der Waals surface area contributed by atoms with Crippen LogP contribution in [-0.4, -0.2) is 71.7 Å². The number of piperazine rings is 1. The number of carbonyl (C=O) groups excluding carboxylic acids is 2. The highest BCUT2D eigenvalue weighted by Crippen LogP contribution is 2.15. The van der Waals surface area contributed by atoms with E-state index in [1.807, 2.05) is 32.0 Å². The lowest BCUT2D eigenvalue weighted by Gasteiger charge is -2.35. The van der Waals surface area contributed by atoms with Gasteiger partial charge in [0.05, 0.1) is 18.4 Å². The first-order chi connectivity index (χ1) is 11.4. The summed E-state index contributed by atoms with van der Waals surface area (Å²) in [6.07, 6.45) is 3.49. The number of rotatable bonds is 4. The van der Waals surface area contributed by atoms with Gasteiger partial charge in [0.1, 0.15) is 6.54 Å². The molecule has 2 N–H and O–H groups in total. The second-order valence-corrected chi connectivity index (χ2v) is 5.96. The van der Waals surface area contributed by atoms with Crippen LogP contribution in [0.5, 0.6) is 0 Å².